The van der Waals surface area contributed by atoms with E-state index in [1.165, 1.54) is 4.90 Å². The Hall–Kier alpha value is -1.75. The summed E-state index contributed by atoms with van der Waals surface area (Å²) < 4.78 is 0. The van der Waals surface area contributed by atoms with Crippen LogP contribution in [0.1, 0.15) is 25.3 Å². The predicted octanol–water partition coefficient (Wildman–Crippen LogP) is 4.11. The molecule has 0 radical (unpaired) electrons. The van der Waals surface area contributed by atoms with Crippen LogP contribution in [0.3, 0.4) is 0 Å². The molecule has 0 saturated heterocycles. The first-order valence-electron chi connectivity index (χ1n) is 6.59. The van der Waals surface area contributed by atoms with Crippen LogP contribution in [0.25, 0.3) is 0 Å². The number of nitrogens with zero attached hydrogens (tertiary/aromatic N) is 2. The van der Waals surface area contributed by atoms with E-state index in [9.17, 15) is 0 Å². The zero-order valence-corrected chi connectivity index (χ0v) is 13.1. The van der Waals surface area contributed by atoms with Crippen molar-refractivity contribution in [2.75, 3.05) is 23.9 Å². The largest absolute Gasteiger partial charge is 0.373 e. The van der Waals surface area contributed by atoms with Crippen LogP contribution in [0.15, 0.2) is 35.5 Å². The average molecular weight is 288 g/mol. The van der Waals surface area contributed by atoms with E-state index in [0.29, 0.717) is 5.92 Å². The van der Waals surface area contributed by atoms with Gasteiger partial charge in [-0.05, 0) is 36.4 Å². The monoisotopic (exact) mass is 288 g/mol. The van der Waals surface area contributed by atoms with Gasteiger partial charge in [0.15, 0.2) is 0 Å². The van der Waals surface area contributed by atoms with Gasteiger partial charge in [0, 0.05) is 23.2 Å². The Labute approximate surface area is 124 Å². The number of rotatable bonds is 5. The minimum Gasteiger partial charge on any atom is -0.373 e. The van der Waals surface area contributed by atoms with Gasteiger partial charge in [-0.15, -0.1) is 11.8 Å². The van der Waals surface area contributed by atoms with Crippen molar-refractivity contribution >= 4 is 29.1 Å². The molecule has 0 bridgehead atoms. The van der Waals surface area contributed by atoms with Crippen LogP contribution in [0.4, 0.5) is 17.3 Å². The Kier molecular flexibility index (Phi) is 4.84. The third-order valence-corrected chi connectivity index (χ3v) is 3.79. The van der Waals surface area contributed by atoms with E-state index in [4.69, 9.17) is 0 Å². The topological polar surface area (TPSA) is 49.8 Å². The van der Waals surface area contributed by atoms with E-state index >= 15 is 0 Å². The maximum absolute atomic E-state index is 4.38. The van der Waals surface area contributed by atoms with Gasteiger partial charge >= 0.3 is 0 Å². The molecule has 106 valence electrons. The van der Waals surface area contributed by atoms with Crippen LogP contribution in [-0.2, 0) is 0 Å². The SMILES string of the molecule is CNc1ncnc(Nc2ccc(SC)cc2)c1C(C)C. The third kappa shape index (κ3) is 3.22. The summed E-state index contributed by atoms with van der Waals surface area (Å²) in [4.78, 5) is 9.91. The summed E-state index contributed by atoms with van der Waals surface area (Å²) in [7, 11) is 1.88. The van der Waals surface area contributed by atoms with Crippen LogP contribution in [-0.4, -0.2) is 23.3 Å². The van der Waals surface area contributed by atoms with E-state index in [1.54, 1.807) is 18.1 Å². The van der Waals surface area contributed by atoms with Gasteiger partial charge in [-0.3, -0.25) is 0 Å². The van der Waals surface area contributed by atoms with Gasteiger partial charge in [-0.25, -0.2) is 9.97 Å². The maximum atomic E-state index is 4.38. The van der Waals surface area contributed by atoms with Crippen molar-refractivity contribution in [2.45, 2.75) is 24.7 Å². The minimum absolute atomic E-state index is 0.339. The normalized spacial score (nSPS) is 10.7. The van der Waals surface area contributed by atoms with Crippen LogP contribution < -0.4 is 10.6 Å². The summed E-state index contributed by atoms with van der Waals surface area (Å²) in [5, 5.41) is 6.51. The Morgan fingerprint density at radius 1 is 1.05 bits per heavy atom. The Balaban J connectivity index is 2.32. The molecule has 0 spiro atoms. The molecule has 1 aromatic heterocycles. The van der Waals surface area contributed by atoms with Crippen molar-refractivity contribution in [3.63, 3.8) is 0 Å². The lowest BCUT2D eigenvalue weighted by atomic mass is 10.0. The van der Waals surface area contributed by atoms with Crippen molar-refractivity contribution in [3.05, 3.63) is 36.2 Å². The number of aromatic nitrogens is 2. The first-order chi connectivity index (χ1) is 9.65. The third-order valence-electron chi connectivity index (χ3n) is 3.05. The Morgan fingerprint density at radius 2 is 1.70 bits per heavy atom. The van der Waals surface area contributed by atoms with Gasteiger partial charge < -0.3 is 10.6 Å². The lowest BCUT2D eigenvalue weighted by Crippen LogP contribution is -2.06. The van der Waals surface area contributed by atoms with E-state index in [1.807, 2.05) is 7.05 Å². The molecule has 0 aliphatic rings. The van der Waals surface area contributed by atoms with Crippen LogP contribution in [0, 0.1) is 0 Å². The molecular weight excluding hydrogens is 268 g/mol. The fourth-order valence-corrected chi connectivity index (χ4v) is 2.46. The number of nitrogens with one attached hydrogen (secondary N) is 2. The molecule has 1 aromatic carbocycles. The number of hydrogen-bond donors (Lipinski definition) is 2. The maximum Gasteiger partial charge on any atom is 0.139 e. The van der Waals surface area contributed by atoms with Crippen LogP contribution >= 0.6 is 11.8 Å². The molecule has 2 rings (SSSR count). The van der Waals surface area contributed by atoms with Gasteiger partial charge in [0.1, 0.15) is 18.0 Å². The molecule has 4 nitrogen and oxygen atoms in total. The fourth-order valence-electron chi connectivity index (χ4n) is 2.05. The number of benzene rings is 1. The molecular formula is C15H20N4S. The zero-order chi connectivity index (χ0) is 14.5. The molecule has 1 heterocycles. The van der Waals surface area contributed by atoms with Crippen LogP contribution in [0.5, 0.6) is 0 Å². The van der Waals surface area contributed by atoms with Crippen molar-refractivity contribution in [1.82, 2.24) is 9.97 Å². The lowest BCUT2D eigenvalue weighted by Gasteiger charge is -2.16. The van der Waals surface area contributed by atoms with Gasteiger partial charge in [0.05, 0.1) is 0 Å². The molecule has 0 unspecified atom stereocenters. The quantitative estimate of drug-likeness (QED) is 0.811. The van der Waals surface area contributed by atoms with E-state index in [0.717, 1.165) is 22.9 Å². The summed E-state index contributed by atoms with van der Waals surface area (Å²) in [6, 6.07) is 8.33. The highest BCUT2D eigenvalue weighted by Gasteiger charge is 2.14. The summed E-state index contributed by atoms with van der Waals surface area (Å²) in [6.07, 6.45) is 3.65. The molecule has 0 aliphatic heterocycles. The highest BCUT2D eigenvalue weighted by molar-refractivity contribution is 7.98. The molecule has 0 saturated carbocycles. The highest BCUT2D eigenvalue weighted by atomic mass is 32.2. The summed E-state index contributed by atoms with van der Waals surface area (Å²) in [6.45, 7) is 4.28. The fraction of sp³-hybridized carbons (Fsp3) is 0.333. The predicted molar refractivity (Wildman–Crippen MR) is 87.2 cm³/mol. The molecule has 0 aliphatic carbocycles. The molecule has 2 N–H and O–H groups in total. The average Bonchev–Trinajstić information content (AvgIpc) is 2.47. The first kappa shape index (κ1) is 14.7. The van der Waals surface area contributed by atoms with Crippen molar-refractivity contribution < 1.29 is 0 Å². The van der Waals surface area contributed by atoms with E-state index in [-0.39, 0.29) is 0 Å². The van der Waals surface area contributed by atoms with Crippen molar-refractivity contribution in [2.24, 2.45) is 0 Å². The number of thioether (sulfide) groups is 1. The second-order valence-corrected chi connectivity index (χ2v) is 5.62. The summed E-state index contributed by atoms with van der Waals surface area (Å²) >= 11 is 1.73. The van der Waals surface area contributed by atoms with Crippen LogP contribution in [0.2, 0.25) is 0 Å². The van der Waals surface area contributed by atoms with Gasteiger partial charge in [0.25, 0.3) is 0 Å². The molecule has 0 atom stereocenters. The molecule has 2 aromatic rings. The second-order valence-electron chi connectivity index (χ2n) is 4.74. The minimum atomic E-state index is 0.339. The second kappa shape index (κ2) is 6.61. The molecule has 0 amide bonds. The van der Waals surface area contributed by atoms with Crippen molar-refractivity contribution in [1.29, 1.82) is 0 Å². The Bertz CT molecular complexity index is 567. The summed E-state index contributed by atoms with van der Waals surface area (Å²) in [5.41, 5.74) is 2.13. The number of hydrogen-bond acceptors (Lipinski definition) is 5. The standard InChI is InChI=1S/C15H20N4S/c1-10(2)13-14(16-3)17-9-18-15(13)19-11-5-7-12(20-4)8-6-11/h5-10H,1-4H3,(H2,16,17,18,19). The number of anilines is 3. The smallest absolute Gasteiger partial charge is 0.139 e. The Morgan fingerprint density at radius 3 is 2.25 bits per heavy atom. The van der Waals surface area contributed by atoms with E-state index < -0.39 is 0 Å². The molecule has 20 heavy (non-hydrogen) atoms. The zero-order valence-electron chi connectivity index (χ0n) is 12.3. The highest BCUT2D eigenvalue weighted by Crippen LogP contribution is 2.30. The molecule has 5 heteroatoms. The molecule has 0 fully saturated rings. The lowest BCUT2D eigenvalue weighted by molar-refractivity contribution is 0.852. The van der Waals surface area contributed by atoms with Gasteiger partial charge in [-0.2, -0.15) is 0 Å². The first-order valence-corrected chi connectivity index (χ1v) is 7.82. The van der Waals surface area contributed by atoms with Crippen molar-refractivity contribution in [3.8, 4) is 0 Å². The summed E-state index contributed by atoms with van der Waals surface area (Å²) in [5.74, 6) is 2.07. The van der Waals surface area contributed by atoms with Gasteiger partial charge in [0.2, 0.25) is 0 Å². The van der Waals surface area contributed by atoms with Gasteiger partial charge in [-0.1, -0.05) is 13.8 Å². The van der Waals surface area contributed by atoms with E-state index in [2.05, 4.69) is 65.0 Å².